The van der Waals surface area contributed by atoms with Crippen molar-refractivity contribution in [2.75, 3.05) is 39.8 Å². The summed E-state index contributed by atoms with van der Waals surface area (Å²) in [5, 5.41) is 3.82. The second kappa shape index (κ2) is 6.36. The summed E-state index contributed by atoms with van der Waals surface area (Å²) in [5.74, 6) is 0. The Labute approximate surface area is 113 Å². The van der Waals surface area contributed by atoms with Gasteiger partial charge in [-0.2, -0.15) is 0 Å². The van der Waals surface area contributed by atoms with Gasteiger partial charge in [0.2, 0.25) is 0 Å². The van der Waals surface area contributed by atoms with Crippen LogP contribution >= 0.6 is 0 Å². The number of likely N-dealkylation sites (tertiary alicyclic amines) is 1. The Morgan fingerprint density at radius 3 is 2.61 bits per heavy atom. The smallest absolute Gasteiger partial charge is 0.0303 e. The lowest BCUT2D eigenvalue weighted by Crippen LogP contribution is -2.55. The Hall–Kier alpha value is -0.120. The number of nitrogens with one attached hydrogen (secondary N) is 1. The lowest BCUT2D eigenvalue weighted by molar-refractivity contribution is 0.0902. The number of piperidine rings is 1. The highest BCUT2D eigenvalue weighted by Crippen LogP contribution is 2.24. The first-order valence-electron chi connectivity index (χ1n) is 7.87. The average molecular weight is 253 g/mol. The van der Waals surface area contributed by atoms with Crippen LogP contribution in [0.2, 0.25) is 0 Å². The zero-order chi connectivity index (χ0) is 13.0. The number of likely N-dealkylation sites (N-methyl/N-ethyl adjacent to an activating group) is 1. The quantitative estimate of drug-likeness (QED) is 0.829. The molecule has 0 radical (unpaired) electrons. The van der Waals surface area contributed by atoms with Gasteiger partial charge >= 0.3 is 0 Å². The highest BCUT2D eigenvalue weighted by Gasteiger charge is 2.34. The second-order valence-electron chi connectivity index (χ2n) is 6.30. The van der Waals surface area contributed by atoms with Gasteiger partial charge in [0.15, 0.2) is 0 Å². The molecule has 2 heterocycles. The van der Waals surface area contributed by atoms with Crippen LogP contribution in [0.15, 0.2) is 0 Å². The van der Waals surface area contributed by atoms with Gasteiger partial charge in [-0.25, -0.2) is 0 Å². The van der Waals surface area contributed by atoms with E-state index in [4.69, 9.17) is 0 Å². The summed E-state index contributed by atoms with van der Waals surface area (Å²) >= 11 is 0. The first-order chi connectivity index (χ1) is 8.69. The molecule has 0 aromatic heterocycles. The first kappa shape index (κ1) is 14.3. The van der Waals surface area contributed by atoms with Crippen LogP contribution < -0.4 is 5.32 Å². The summed E-state index contributed by atoms with van der Waals surface area (Å²) in [7, 11) is 2.27. The van der Waals surface area contributed by atoms with Gasteiger partial charge in [0.05, 0.1) is 0 Å². The zero-order valence-corrected chi connectivity index (χ0v) is 12.5. The maximum atomic E-state index is 3.82. The van der Waals surface area contributed by atoms with Crippen LogP contribution in [0.25, 0.3) is 0 Å². The topological polar surface area (TPSA) is 18.5 Å². The third-order valence-electron chi connectivity index (χ3n) is 5.10. The molecular formula is C15H31N3. The summed E-state index contributed by atoms with van der Waals surface area (Å²) in [4.78, 5) is 5.29. The van der Waals surface area contributed by atoms with Crippen LogP contribution in [-0.4, -0.2) is 61.2 Å². The van der Waals surface area contributed by atoms with Gasteiger partial charge in [-0.15, -0.1) is 0 Å². The van der Waals surface area contributed by atoms with Crippen LogP contribution in [-0.2, 0) is 0 Å². The highest BCUT2D eigenvalue weighted by molar-refractivity contribution is 4.94. The van der Waals surface area contributed by atoms with Crippen molar-refractivity contribution in [3.05, 3.63) is 0 Å². The van der Waals surface area contributed by atoms with Crippen molar-refractivity contribution in [3.63, 3.8) is 0 Å². The molecule has 3 nitrogen and oxygen atoms in total. The lowest BCUT2D eigenvalue weighted by atomic mass is 9.91. The standard InChI is InChI=1S/C15H31N3/c1-4-15(5-2)13-18(11-7-9-16-15)14-8-6-10-17(3)12-14/h14,16H,4-13H2,1-3H3. The molecule has 2 aliphatic heterocycles. The van der Waals surface area contributed by atoms with E-state index in [-0.39, 0.29) is 0 Å². The van der Waals surface area contributed by atoms with Crippen LogP contribution in [0.1, 0.15) is 46.0 Å². The number of hydrogen-bond acceptors (Lipinski definition) is 3. The monoisotopic (exact) mass is 253 g/mol. The van der Waals surface area contributed by atoms with Gasteiger partial charge in [-0.05, 0) is 58.8 Å². The van der Waals surface area contributed by atoms with Crippen molar-refractivity contribution in [1.82, 2.24) is 15.1 Å². The van der Waals surface area contributed by atoms with Crippen LogP contribution in [0, 0.1) is 0 Å². The van der Waals surface area contributed by atoms with Crippen LogP contribution in [0.5, 0.6) is 0 Å². The summed E-state index contributed by atoms with van der Waals surface area (Å²) < 4.78 is 0. The van der Waals surface area contributed by atoms with Crippen molar-refractivity contribution in [3.8, 4) is 0 Å². The van der Waals surface area contributed by atoms with Crippen molar-refractivity contribution >= 4 is 0 Å². The first-order valence-corrected chi connectivity index (χ1v) is 7.87. The number of nitrogens with zero attached hydrogens (tertiary/aromatic N) is 2. The fourth-order valence-corrected chi connectivity index (χ4v) is 3.63. The second-order valence-corrected chi connectivity index (χ2v) is 6.30. The molecule has 0 bridgehead atoms. The molecule has 2 aliphatic rings. The van der Waals surface area contributed by atoms with Gasteiger partial charge in [-0.1, -0.05) is 13.8 Å². The predicted octanol–water partition coefficient (Wildman–Crippen LogP) is 1.93. The minimum absolute atomic E-state index is 0.368. The summed E-state index contributed by atoms with van der Waals surface area (Å²) in [6, 6.07) is 0.793. The molecule has 2 fully saturated rings. The molecule has 0 aromatic rings. The Morgan fingerprint density at radius 1 is 1.17 bits per heavy atom. The molecular weight excluding hydrogens is 222 g/mol. The molecule has 0 saturated carbocycles. The van der Waals surface area contributed by atoms with Gasteiger partial charge in [0.25, 0.3) is 0 Å². The van der Waals surface area contributed by atoms with E-state index in [1.54, 1.807) is 0 Å². The SMILES string of the molecule is CCC1(CC)CN(C2CCCN(C)C2)CCCN1. The molecule has 1 unspecified atom stereocenters. The number of rotatable bonds is 3. The van der Waals surface area contributed by atoms with Crippen LogP contribution in [0.3, 0.4) is 0 Å². The maximum absolute atomic E-state index is 3.82. The average Bonchev–Trinajstić information content (AvgIpc) is 2.62. The van der Waals surface area contributed by atoms with E-state index in [1.165, 1.54) is 64.8 Å². The van der Waals surface area contributed by atoms with E-state index >= 15 is 0 Å². The third-order valence-corrected chi connectivity index (χ3v) is 5.10. The van der Waals surface area contributed by atoms with Crippen molar-refractivity contribution < 1.29 is 0 Å². The Morgan fingerprint density at radius 2 is 1.94 bits per heavy atom. The molecule has 2 saturated heterocycles. The van der Waals surface area contributed by atoms with Gasteiger partial charge in [0, 0.05) is 24.7 Å². The molecule has 3 heteroatoms. The molecule has 1 N–H and O–H groups in total. The predicted molar refractivity (Wildman–Crippen MR) is 78.0 cm³/mol. The minimum atomic E-state index is 0.368. The molecule has 106 valence electrons. The Balaban J connectivity index is 2.02. The van der Waals surface area contributed by atoms with E-state index in [0.717, 1.165) is 6.04 Å². The Kier molecular flexibility index (Phi) is 5.05. The largest absolute Gasteiger partial charge is 0.310 e. The highest BCUT2D eigenvalue weighted by atomic mass is 15.3. The van der Waals surface area contributed by atoms with Gasteiger partial charge in [-0.3, -0.25) is 4.90 Å². The molecule has 18 heavy (non-hydrogen) atoms. The lowest BCUT2D eigenvalue weighted by Gasteiger charge is -2.42. The fraction of sp³-hybridized carbons (Fsp3) is 1.00. The zero-order valence-electron chi connectivity index (χ0n) is 12.5. The summed E-state index contributed by atoms with van der Waals surface area (Å²) in [6.07, 6.45) is 6.58. The van der Waals surface area contributed by atoms with E-state index < -0.39 is 0 Å². The molecule has 0 amide bonds. The molecule has 0 aliphatic carbocycles. The van der Waals surface area contributed by atoms with E-state index in [2.05, 4.69) is 36.0 Å². The van der Waals surface area contributed by atoms with E-state index in [1.807, 2.05) is 0 Å². The van der Waals surface area contributed by atoms with Crippen molar-refractivity contribution in [2.24, 2.45) is 0 Å². The summed E-state index contributed by atoms with van der Waals surface area (Å²) in [5.41, 5.74) is 0.368. The van der Waals surface area contributed by atoms with Crippen molar-refractivity contribution in [2.45, 2.75) is 57.5 Å². The van der Waals surface area contributed by atoms with E-state index in [9.17, 15) is 0 Å². The molecule has 0 spiro atoms. The summed E-state index contributed by atoms with van der Waals surface area (Å²) in [6.45, 7) is 11.0. The number of hydrogen-bond donors (Lipinski definition) is 1. The molecule has 1 atom stereocenters. The molecule has 2 rings (SSSR count). The minimum Gasteiger partial charge on any atom is -0.310 e. The van der Waals surface area contributed by atoms with Crippen LogP contribution in [0.4, 0.5) is 0 Å². The normalized spacial score (nSPS) is 31.2. The van der Waals surface area contributed by atoms with Gasteiger partial charge in [0.1, 0.15) is 0 Å². The van der Waals surface area contributed by atoms with Gasteiger partial charge < -0.3 is 10.2 Å². The fourth-order valence-electron chi connectivity index (χ4n) is 3.63. The third kappa shape index (κ3) is 3.25. The van der Waals surface area contributed by atoms with E-state index in [0.29, 0.717) is 5.54 Å². The Bertz CT molecular complexity index is 250. The maximum Gasteiger partial charge on any atom is 0.0303 e. The molecule has 0 aromatic carbocycles. The van der Waals surface area contributed by atoms with Crippen molar-refractivity contribution in [1.29, 1.82) is 0 Å².